The number of amides is 1. The van der Waals surface area contributed by atoms with E-state index in [-0.39, 0.29) is 12.1 Å². The maximum absolute atomic E-state index is 12.5. The van der Waals surface area contributed by atoms with E-state index in [1.54, 1.807) is 16.8 Å². The fourth-order valence-corrected chi connectivity index (χ4v) is 3.13. The Bertz CT molecular complexity index is 713. The van der Waals surface area contributed by atoms with Crippen LogP contribution in [0.15, 0.2) is 34.4 Å². The molecule has 0 spiro atoms. The largest absolute Gasteiger partial charge is 0.298 e. The zero-order chi connectivity index (χ0) is 14.8. The van der Waals surface area contributed by atoms with Gasteiger partial charge in [0.1, 0.15) is 11.9 Å². The van der Waals surface area contributed by atoms with Crippen LogP contribution < -0.4 is 15.9 Å². The summed E-state index contributed by atoms with van der Waals surface area (Å²) in [6.07, 6.45) is 1.74. The summed E-state index contributed by atoms with van der Waals surface area (Å²) in [5.74, 6) is 0.844. The van der Waals surface area contributed by atoms with Gasteiger partial charge in [-0.15, -0.1) is 5.10 Å². The molecule has 110 valence electrons. The van der Waals surface area contributed by atoms with Crippen molar-refractivity contribution >= 4 is 28.5 Å². The molecule has 0 aromatic heterocycles. The number of nitrogens with zero attached hydrogens (tertiary/aromatic N) is 3. The second kappa shape index (κ2) is 5.89. The molecule has 1 amide bonds. The van der Waals surface area contributed by atoms with E-state index in [9.17, 15) is 4.79 Å². The number of rotatable bonds is 3. The number of benzene rings is 1. The fraction of sp³-hybridized carbons (Fsp3) is 0.400. The minimum atomic E-state index is -0.113. The van der Waals surface area contributed by atoms with Crippen LogP contribution >= 0.6 is 11.8 Å². The van der Waals surface area contributed by atoms with Crippen LogP contribution in [0.25, 0.3) is 5.70 Å². The van der Waals surface area contributed by atoms with E-state index in [2.05, 4.69) is 24.3 Å². The van der Waals surface area contributed by atoms with Crippen molar-refractivity contribution in [3.63, 3.8) is 0 Å². The summed E-state index contributed by atoms with van der Waals surface area (Å²) in [5, 5.41) is 11.6. The highest BCUT2D eigenvalue weighted by Crippen LogP contribution is 2.21. The first-order chi connectivity index (χ1) is 10.2. The van der Waals surface area contributed by atoms with Crippen LogP contribution in [-0.2, 0) is 4.79 Å². The highest BCUT2D eigenvalue weighted by atomic mass is 32.2. The fourth-order valence-electron chi connectivity index (χ4n) is 2.42. The highest BCUT2D eigenvalue weighted by Gasteiger charge is 2.32. The Morgan fingerprint density at radius 2 is 2.14 bits per heavy atom. The molecule has 21 heavy (non-hydrogen) atoms. The average molecular weight is 302 g/mol. The number of hydrazone groups is 1. The van der Waals surface area contributed by atoms with Crippen LogP contribution in [0.2, 0.25) is 0 Å². The second-order valence-electron chi connectivity index (χ2n) is 4.94. The number of hydrogen-bond acceptors (Lipinski definition) is 5. The Labute approximate surface area is 127 Å². The summed E-state index contributed by atoms with van der Waals surface area (Å²) in [5.41, 5.74) is 0.605. The standard InChI is InChI=1S/C15H18N4OS/c1-3-9-21-15-17-14(20)13-10-7-5-6-8-11(10)16-12(4-2)19(13)18-15/h5-8,12H,3-4,9H2,1-2H3,(H,17,18,20)/t12-/m1/s1. The van der Waals surface area contributed by atoms with Gasteiger partial charge in [-0.3, -0.25) is 15.1 Å². The maximum Gasteiger partial charge on any atom is 0.276 e. The number of carbonyl (C=O) groups excluding carboxylic acids is 1. The molecule has 3 rings (SSSR count). The van der Waals surface area contributed by atoms with E-state index in [1.807, 2.05) is 24.3 Å². The predicted molar refractivity (Wildman–Crippen MR) is 84.9 cm³/mol. The van der Waals surface area contributed by atoms with E-state index in [0.29, 0.717) is 10.9 Å². The van der Waals surface area contributed by atoms with Crippen LogP contribution in [0.4, 0.5) is 0 Å². The van der Waals surface area contributed by atoms with Gasteiger partial charge < -0.3 is 0 Å². The molecule has 2 aliphatic rings. The van der Waals surface area contributed by atoms with E-state index in [1.165, 1.54) is 0 Å². The lowest BCUT2D eigenvalue weighted by Crippen LogP contribution is -2.52. The molecule has 0 aliphatic carbocycles. The third kappa shape index (κ3) is 2.55. The summed E-state index contributed by atoms with van der Waals surface area (Å²) >= 11 is 1.57. The van der Waals surface area contributed by atoms with Crippen LogP contribution in [0.1, 0.15) is 26.7 Å². The van der Waals surface area contributed by atoms with Gasteiger partial charge in [0.2, 0.25) is 0 Å². The predicted octanol–water partition coefficient (Wildman–Crippen LogP) is 1.01. The molecule has 0 fully saturated rings. The Kier molecular flexibility index (Phi) is 3.96. The Morgan fingerprint density at radius 1 is 1.33 bits per heavy atom. The third-order valence-electron chi connectivity index (χ3n) is 3.40. The van der Waals surface area contributed by atoms with Gasteiger partial charge in [-0.2, -0.15) is 0 Å². The van der Waals surface area contributed by atoms with E-state index >= 15 is 0 Å². The molecule has 1 aromatic rings. The summed E-state index contributed by atoms with van der Waals surface area (Å²) < 4.78 is 0. The quantitative estimate of drug-likeness (QED) is 0.906. The molecule has 0 unspecified atom stereocenters. The van der Waals surface area contributed by atoms with Gasteiger partial charge in [0, 0.05) is 11.0 Å². The summed E-state index contributed by atoms with van der Waals surface area (Å²) in [6.45, 7) is 4.16. The minimum absolute atomic E-state index is 0.0931. The van der Waals surface area contributed by atoms with Gasteiger partial charge in [0.15, 0.2) is 5.17 Å². The highest BCUT2D eigenvalue weighted by molar-refractivity contribution is 8.13. The van der Waals surface area contributed by atoms with E-state index in [4.69, 9.17) is 4.99 Å². The van der Waals surface area contributed by atoms with Crippen LogP contribution in [0.3, 0.4) is 0 Å². The smallest absolute Gasteiger partial charge is 0.276 e. The van der Waals surface area contributed by atoms with Gasteiger partial charge in [0.25, 0.3) is 5.91 Å². The normalized spacial score (nSPS) is 20.2. The van der Waals surface area contributed by atoms with Crippen molar-refractivity contribution in [2.45, 2.75) is 32.9 Å². The Hall–Kier alpha value is -1.82. The number of para-hydroxylation sites is 1. The summed E-state index contributed by atoms with van der Waals surface area (Å²) in [4.78, 5) is 17.2. The van der Waals surface area contributed by atoms with Gasteiger partial charge in [-0.1, -0.05) is 43.8 Å². The van der Waals surface area contributed by atoms with Crippen molar-refractivity contribution in [1.82, 2.24) is 10.3 Å². The third-order valence-corrected chi connectivity index (χ3v) is 4.47. The number of carbonyl (C=O) groups is 1. The van der Waals surface area contributed by atoms with Crippen molar-refractivity contribution in [2.24, 2.45) is 10.1 Å². The van der Waals surface area contributed by atoms with Gasteiger partial charge in [0.05, 0.1) is 5.36 Å². The minimum Gasteiger partial charge on any atom is -0.298 e. The zero-order valence-corrected chi connectivity index (χ0v) is 13.0. The van der Waals surface area contributed by atoms with Crippen LogP contribution in [-0.4, -0.2) is 28.0 Å². The summed E-state index contributed by atoms with van der Waals surface area (Å²) in [6, 6.07) is 7.73. The molecule has 1 atom stereocenters. The topological polar surface area (TPSA) is 57.1 Å². The summed E-state index contributed by atoms with van der Waals surface area (Å²) in [7, 11) is 0. The molecule has 6 heteroatoms. The molecule has 1 aromatic carbocycles. The van der Waals surface area contributed by atoms with Crippen molar-refractivity contribution in [1.29, 1.82) is 0 Å². The first kappa shape index (κ1) is 14.1. The van der Waals surface area contributed by atoms with Gasteiger partial charge in [-0.25, -0.2) is 5.01 Å². The first-order valence-corrected chi connectivity index (χ1v) is 8.22. The Morgan fingerprint density at radius 3 is 2.90 bits per heavy atom. The molecule has 5 nitrogen and oxygen atoms in total. The number of nitrogens with one attached hydrogen (secondary N) is 1. The molecule has 2 aliphatic heterocycles. The first-order valence-electron chi connectivity index (χ1n) is 7.23. The van der Waals surface area contributed by atoms with Crippen LogP contribution in [0, 0.1) is 0 Å². The van der Waals surface area contributed by atoms with Crippen molar-refractivity contribution in [3.8, 4) is 0 Å². The van der Waals surface area contributed by atoms with Gasteiger partial charge in [-0.05, 0) is 18.9 Å². The molecule has 1 N–H and O–H groups in total. The molecule has 0 saturated carbocycles. The number of amidine groups is 1. The van der Waals surface area contributed by atoms with Crippen molar-refractivity contribution < 1.29 is 4.79 Å². The molecule has 0 radical (unpaired) electrons. The second-order valence-corrected chi connectivity index (χ2v) is 6.02. The number of hydrogen-bond donors (Lipinski definition) is 1. The molecular formula is C15H18N4OS. The van der Waals surface area contributed by atoms with Crippen LogP contribution in [0.5, 0.6) is 0 Å². The Balaban J connectivity index is 2.12. The van der Waals surface area contributed by atoms with Crippen molar-refractivity contribution in [3.05, 3.63) is 34.8 Å². The zero-order valence-electron chi connectivity index (χ0n) is 12.2. The SMILES string of the molecule is CCCSC1=NN2C(=c3ccccc3=N[C@H]2CC)C(=O)N1. The number of fused-ring (bicyclic) bond motifs is 2. The lowest BCUT2D eigenvalue weighted by molar-refractivity contribution is -0.116. The molecule has 0 bridgehead atoms. The molecule has 0 saturated heterocycles. The lowest BCUT2D eigenvalue weighted by Gasteiger charge is -2.33. The van der Waals surface area contributed by atoms with Gasteiger partial charge >= 0.3 is 0 Å². The van der Waals surface area contributed by atoms with E-state index < -0.39 is 0 Å². The monoisotopic (exact) mass is 302 g/mol. The van der Waals surface area contributed by atoms with Crippen molar-refractivity contribution in [2.75, 3.05) is 5.75 Å². The molecular weight excluding hydrogens is 284 g/mol. The lowest BCUT2D eigenvalue weighted by atomic mass is 10.1. The molecule has 2 heterocycles. The number of thioether (sulfide) groups is 1. The maximum atomic E-state index is 12.5. The average Bonchev–Trinajstić information content (AvgIpc) is 2.51. The van der Waals surface area contributed by atoms with E-state index in [0.717, 1.165) is 29.2 Å².